The molecule has 0 aliphatic carbocycles. The molecule has 0 fully saturated rings. The Kier molecular flexibility index (Phi) is 5.69. The lowest BCUT2D eigenvalue weighted by Gasteiger charge is -2.19. The number of carbonyl (C=O) groups is 1. The van der Waals surface area contributed by atoms with E-state index in [1.807, 2.05) is 24.3 Å². The van der Waals surface area contributed by atoms with Gasteiger partial charge in [0.05, 0.1) is 0 Å². The summed E-state index contributed by atoms with van der Waals surface area (Å²) in [5.41, 5.74) is 1.76. The Bertz CT molecular complexity index is 373. The molecule has 0 spiro atoms. The van der Waals surface area contributed by atoms with Crippen molar-refractivity contribution in [1.29, 1.82) is 0 Å². The van der Waals surface area contributed by atoms with E-state index in [1.54, 1.807) is 0 Å². The number of carbonyl (C=O) groups excluding carboxylic acids is 1. The molecule has 0 bridgehead atoms. The summed E-state index contributed by atoms with van der Waals surface area (Å²) in [7, 11) is 0. The van der Waals surface area contributed by atoms with E-state index in [0.29, 0.717) is 11.5 Å². The molecule has 0 heterocycles. The van der Waals surface area contributed by atoms with Crippen molar-refractivity contribution in [1.82, 2.24) is 5.32 Å². The SMILES string of the molecule is CCNc1ccc(C(=O)NC(C)C(C)CC)cc1. The number of nitrogens with one attached hydrogen (secondary N) is 2. The Morgan fingerprint density at radius 2 is 1.78 bits per heavy atom. The maximum atomic E-state index is 12.0. The van der Waals surface area contributed by atoms with E-state index in [1.165, 1.54) is 0 Å². The van der Waals surface area contributed by atoms with Crippen LogP contribution in [-0.2, 0) is 0 Å². The fraction of sp³-hybridized carbons (Fsp3) is 0.533. The van der Waals surface area contributed by atoms with Gasteiger partial charge < -0.3 is 10.6 Å². The lowest BCUT2D eigenvalue weighted by atomic mass is 10.0. The molecule has 0 saturated carbocycles. The van der Waals surface area contributed by atoms with Crippen LogP contribution in [0.15, 0.2) is 24.3 Å². The average molecular weight is 248 g/mol. The van der Waals surface area contributed by atoms with Crippen LogP contribution >= 0.6 is 0 Å². The summed E-state index contributed by atoms with van der Waals surface area (Å²) in [6.07, 6.45) is 1.07. The van der Waals surface area contributed by atoms with E-state index in [0.717, 1.165) is 18.7 Å². The molecule has 0 radical (unpaired) electrons. The van der Waals surface area contributed by atoms with Gasteiger partial charge in [-0.15, -0.1) is 0 Å². The van der Waals surface area contributed by atoms with Crippen molar-refractivity contribution in [3.8, 4) is 0 Å². The number of anilines is 1. The second-order valence-electron chi connectivity index (χ2n) is 4.76. The van der Waals surface area contributed by atoms with Gasteiger partial charge in [0.2, 0.25) is 0 Å². The lowest BCUT2D eigenvalue weighted by molar-refractivity contribution is 0.0928. The van der Waals surface area contributed by atoms with Crippen LogP contribution in [-0.4, -0.2) is 18.5 Å². The van der Waals surface area contributed by atoms with Gasteiger partial charge in [0.1, 0.15) is 0 Å². The summed E-state index contributed by atoms with van der Waals surface area (Å²) in [4.78, 5) is 12.0. The van der Waals surface area contributed by atoms with Gasteiger partial charge in [-0.3, -0.25) is 4.79 Å². The minimum absolute atomic E-state index is 0.00542. The van der Waals surface area contributed by atoms with Gasteiger partial charge in [0.15, 0.2) is 0 Å². The Labute approximate surface area is 110 Å². The molecule has 0 saturated heterocycles. The molecule has 2 N–H and O–H groups in total. The zero-order valence-corrected chi connectivity index (χ0v) is 11.8. The number of rotatable bonds is 6. The van der Waals surface area contributed by atoms with Crippen molar-refractivity contribution in [2.24, 2.45) is 5.92 Å². The lowest BCUT2D eigenvalue weighted by Crippen LogP contribution is -2.36. The third-order valence-corrected chi connectivity index (χ3v) is 3.38. The van der Waals surface area contributed by atoms with Crippen molar-refractivity contribution in [2.45, 2.75) is 40.2 Å². The standard InChI is InChI=1S/C15H24N2O/c1-5-11(3)12(4)17-15(18)13-7-9-14(10-8-13)16-6-2/h7-12,16H,5-6H2,1-4H3,(H,17,18). The molecule has 18 heavy (non-hydrogen) atoms. The van der Waals surface area contributed by atoms with Gasteiger partial charge in [0.25, 0.3) is 5.91 Å². The van der Waals surface area contributed by atoms with E-state index < -0.39 is 0 Å². The molecule has 3 heteroatoms. The highest BCUT2D eigenvalue weighted by molar-refractivity contribution is 5.94. The van der Waals surface area contributed by atoms with Gasteiger partial charge >= 0.3 is 0 Å². The zero-order chi connectivity index (χ0) is 13.5. The first kappa shape index (κ1) is 14.6. The normalized spacial score (nSPS) is 13.8. The molecule has 1 aromatic rings. The maximum Gasteiger partial charge on any atom is 0.251 e. The Balaban J connectivity index is 2.61. The molecule has 2 unspecified atom stereocenters. The predicted octanol–water partition coefficient (Wildman–Crippen LogP) is 3.28. The van der Waals surface area contributed by atoms with E-state index >= 15 is 0 Å². The minimum Gasteiger partial charge on any atom is -0.385 e. The second kappa shape index (κ2) is 7.04. The minimum atomic E-state index is 0.00542. The maximum absolute atomic E-state index is 12.0. The molecular formula is C15H24N2O. The van der Waals surface area contributed by atoms with Crippen LogP contribution in [0, 0.1) is 5.92 Å². The van der Waals surface area contributed by atoms with Crippen molar-refractivity contribution >= 4 is 11.6 Å². The summed E-state index contributed by atoms with van der Waals surface area (Å²) in [5, 5.41) is 6.25. The quantitative estimate of drug-likeness (QED) is 0.811. The molecule has 3 nitrogen and oxygen atoms in total. The van der Waals surface area contributed by atoms with E-state index in [4.69, 9.17) is 0 Å². The van der Waals surface area contributed by atoms with Crippen LogP contribution in [0.2, 0.25) is 0 Å². The number of benzene rings is 1. The van der Waals surface area contributed by atoms with Crippen LogP contribution in [0.3, 0.4) is 0 Å². The van der Waals surface area contributed by atoms with E-state index in [9.17, 15) is 4.79 Å². The molecule has 0 aromatic heterocycles. The molecule has 1 rings (SSSR count). The van der Waals surface area contributed by atoms with Crippen LogP contribution in [0.25, 0.3) is 0 Å². The molecule has 2 atom stereocenters. The van der Waals surface area contributed by atoms with Gasteiger partial charge in [-0.1, -0.05) is 20.3 Å². The second-order valence-corrected chi connectivity index (χ2v) is 4.76. The van der Waals surface area contributed by atoms with E-state index in [-0.39, 0.29) is 11.9 Å². The summed E-state index contributed by atoms with van der Waals surface area (Å²) in [6, 6.07) is 7.79. The smallest absolute Gasteiger partial charge is 0.251 e. The van der Waals surface area contributed by atoms with Crippen molar-refractivity contribution in [3.05, 3.63) is 29.8 Å². The molecule has 1 amide bonds. The summed E-state index contributed by atoms with van der Waals surface area (Å²) < 4.78 is 0. The predicted molar refractivity (Wildman–Crippen MR) is 77.0 cm³/mol. The summed E-state index contributed by atoms with van der Waals surface area (Å²) >= 11 is 0. The van der Waals surface area contributed by atoms with Crippen LogP contribution in [0.1, 0.15) is 44.5 Å². The van der Waals surface area contributed by atoms with Crippen LogP contribution in [0.4, 0.5) is 5.69 Å². The fourth-order valence-electron chi connectivity index (χ4n) is 1.73. The first-order valence-corrected chi connectivity index (χ1v) is 6.73. The molecule has 1 aromatic carbocycles. The van der Waals surface area contributed by atoms with Crippen molar-refractivity contribution in [2.75, 3.05) is 11.9 Å². The first-order valence-electron chi connectivity index (χ1n) is 6.73. The van der Waals surface area contributed by atoms with Gasteiger partial charge in [-0.2, -0.15) is 0 Å². The fourth-order valence-corrected chi connectivity index (χ4v) is 1.73. The highest BCUT2D eigenvalue weighted by Crippen LogP contribution is 2.11. The summed E-state index contributed by atoms with van der Waals surface area (Å²) in [5.74, 6) is 0.501. The highest BCUT2D eigenvalue weighted by Gasteiger charge is 2.14. The van der Waals surface area contributed by atoms with Gasteiger partial charge in [-0.25, -0.2) is 0 Å². The van der Waals surface area contributed by atoms with E-state index in [2.05, 4.69) is 38.3 Å². The Hall–Kier alpha value is -1.51. The van der Waals surface area contributed by atoms with Crippen LogP contribution in [0.5, 0.6) is 0 Å². The van der Waals surface area contributed by atoms with Crippen molar-refractivity contribution in [3.63, 3.8) is 0 Å². The molecule has 0 aliphatic rings. The largest absolute Gasteiger partial charge is 0.385 e. The Morgan fingerprint density at radius 3 is 2.28 bits per heavy atom. The van der Waals surface area contributed by atoms with Gasteiger partial charge in [0, 0.05) is 23.8 Å². The Morgan fingerprint density at radius 1 is 1.17 bits per heavy atom. The molecular weight excluding hydrogens is 224 g/mol. The summed E-state index contributed by atoms with van der Waals surface area (Å²) in [6.45, 7) is 9.28. The van der Waals surface area contributed by atoms with Crippen molar-refractivity contribution < 1.29 is 4.79 Å². The topological polar surface area (TPSA) is 41.1 Å². The zero-order valence-electron chi connectivity index (χ0n) is 11.8. The third kappa shape index (κ3) is 4.06. The number of hydrogen-bond acceptors (Lipinski definition) is 2. The third-order valence-electron chi connectivity index (χ3n) is 3.38. The highest BCUT2D eigenvalue weighted by atomic mass is 16.1. The first-order chi connectivity index (χ1) is 8.58. The number of amides is 1. The van der Waals surface area contributed by atoms with Gasteiger partial charge in [-0.05, 0) is 44.0 Å². The van der Waals surface area contributed by atoms with Crippen LogP contribution < -0.4 is 10.6 Å². The average Bonchev–Trinajstić information content (AvgIpc) is 2.38. The molecule has 100 valence electrons. The number of hydrogen-bond donors (Lipinski definition) is 2. The molecule has 0 aliphatic heterocycles. The monoisotopic (exact) mass is 248 g/mol.